The molecule has 0 aliphatic rings. The molecule has 1 amide bonds. The van der Waals surface area contributed by atoms with E-state index in [4.69, 9.17) is 16.3 Å². The van der Waals surface area contributed by atoms with E-state index in [9.17, 15) is 18.4 Å². The minimum Gasteiger partial charge on any atom is -0.452 e. The number of thioether (sulfide) groups is 1. The molecule has 9 heteroatoms. The number of nitrogens with one attached hydrogen (secondary N) is 1. The van der Waals surface area contributed by atoms with Gasteiger partial charge in [-0.3, -0.25) is 4.79 Å². The number of nitrogens with zero attached hydrogens (tertiary/aromatic N) is 1. The molecule has 5 nitrogen and oxygen atoms in total. The van der Waals surface area contributed by atoms with Crippen molar-refractivity contribution in [3.8, 4) is 0 Å². The van der Waals surface area contributed by atoms with Gasteiger partial charge in [0, 0.05) is 16.0 Å². The quantitative estimate of drug-likeness (QED) is 0.344. The number of anilines is 1. The summed E-state index contributed by atoms with van der Waals surface area (Å²) in [6.07, 6.45) is 0. The number of rotatable bonds is 6. The Labute approximate surface area is 168 Å². The summed E-state index contributed by atoms with van der Waals surface area (Å²) in [6, 6.07) is 14.0. The monoisotopic (exact) mass is 422 g/mol. The van der Waals surface area contributed by atoms with Crippen LogP contribution in [-0.4, -0.2) is 29.2 Å². The molecule has 3 aromatic rings. The Morgan fingerprint density at radius 1 is 1.11 bits per heavy atom. The fourth-order valence-electron chi connectivity index (χ4n) is 2.36. The van der Waals surface area contributed by atoms with Gasteiger partial charge < -0.3 is 10.1 Å². The highest BCUT2D eigenvalue weighted by Gasteiger charge is 2.12. The molecule has 0 unspecified atom stereocenters. The number of hydrogen-bond acceptors (Lipinski definition) is 5. The normalized spacial score (nSPS) is 10.9. The van der Waals surface area contributed by atoms with Crippen LogP contribution in [-0.2, 0) is 9.53 Å². The van der Waals surface area contributed by atoms with E-state index in [0.717, 1.165) is 0 Å². The number of alkyl halides is 2. The van der Waals surface area contributed by atoms with Crippen molar-refractivity contribution in [3.63, 3.8) is 0 Å². The van der Waals surface area contributed by atoms with Gasteiger partial charge in [0.25, 0.3) is 11.7 Å². The Kier molecular flexibility index (Phi) is 6.43. The van der Waals surface area contributed by atoms with E-state index in [1.807, 2.05) is 0 Å². The Bertz CT molecular complexity index is 1020. The molecule has 0 fully saturated rings. The number of carbonyl (C=O) groups excluding carboxylic acids is 2. The number of amides is 1. The highest BCUT2D eigenvalue weighted by Crippen LogP contribution is 2.26. The lowest BCUT2D eigenvalue weighted by atomic mass is 10.1. The van der Waals surface area contributed by atoms with Gasteiger partial charge in [-0.05, 0) is 54.6 Å². The van der Waals surface area contributed by atoms with Crippen molar-refractivity contribution in [2.45, 2.75) is 10.7 Å². The molecular formula is C19H13ClF2N2O3S. The number of hydrogen-bond donors (Lipinski definition) is 1. The van der Waals surface area contributed by atoms with Gasteiger partial charge in [0.05, 0.1) is 11.1 Å². The van der Waals surface area contributed by atoms with Crippen molar-refractivity contribution in [1.29, 1.82) is 0 Å². The standard InChI is InChI=1S/C19H13ClF2N2O3S/c20-16-8-2-11-9-12(1-7-15(11)24-16)18(26)27-10-17(25)23-13-3-5-14(6-4-13)28-19(21)22/h1-9,19H,10H2,(H,23,25). The largest absolute Gasteiger partial charge is 0.452 e. The summed E-state index contributed by atoms with van der Waals surface area (Å²) in [4.78, 5) is 28.6. The molecular weight excluding hydrogens is 410 g/mol. The molecule has 0 aliphatic carbocycles. The molecule has 0 saturated carbocycles. The van der Waals surface area contributed by atoms with E-state index < -0.39 is 24.2 Å². The Balaban J connectivity index is 1.55. The van der Waals surface area contributed by atoms with Gasteiger partial charge in [-0.1, -0.05) is 23.4 Å². The van der Waals surface area contributed by atoms with Crippen LogP contribution in [0.4, 0.5) is 14.5 Å². The average molecular weight is 423 g/mol. The van der Waals surface area contributed by atoms with E-state index >= 15 is 0 Å². The van der Waals surface area contributed by atoms with Crippen LogP contribution in [0.2, 0.25) is 5.15 Å². The molecule has 1 heterocycles. The number of halogens is 3. The molecule has 0 atom stereocenters. The number of carbonyl (C=O) groups is 2. The zero-order chi connectivity index (χ0) is 20.1. The van der Waals surface area contributed by atoms with Crippen LogP contribution in [0.1, 0.15) is 10.4 Å². The number of aromatic nitrogens is 1. The van der Waals surface area contributed by atoms with Gasteiger partial charge in [0.15, 0.2) is 6.61 Å². The lowest BCUT2D eigenvalue weighted by Crippen LogP contribution is -2.20. The predicted octanol–water partition coefficient (Wildman–Crippen LogP) is 5.00. The van der Waals surface area contributed by atoms with Gasteiger partial charge in [-0.2, -0.15) is 8.78 Å². The van der Waals surface area contributed by atoms with Crippen LogP contribution < -0.4 is 5.32 Å². The second-order valence-electron chi connectivity index (χ2n) is 5.57. The minimum atomic E-state index is -2.51. The lowest BCUT2D eigenvalue weighted by molar-refractivity contribution is -0.119. The fourth-order valence-corrected chi connectivity index (χ4v) is 3.01. The third-order valence-electron chi connectivity index (χ3n) is 3.59. The lowest BCUT2D eigenvalue weighted by Gasteiger charge is -2.08. The maximum atomic E-state index is 12.3. The summed E-state index contributed by atoms with van der Waals surface area (Å²) in [5.41, 5.74) is 1.32. The summed E-state index contributed by atoms with van der Waals surface area (Å²) >= 11 is 6.23. The smallest absolute Gasteiger partial charge is 0.338 e. The maximum Gasteiger partial charge on any atom is 0.338 e. The van der Waals surface area contributed by atoms with Crippen LogP contribution in [0.25, 0.3) is 10.9 Å². The molecule has 1 aromatic heterocycles. The van der Waals surface area contributed by atoms with Crippen LogP contribution in [0.15, 0.2) is 59.5 Å². The first-order valence-corrected chi connectivity index (χ1v) is 9.24. The first-order chi connectivity index (χ1) is 13.4. The van der Waals surface area contributed by atoms with Crippen LogP contribution in [0.5, 0.6) is 0 Å². The maximum absolute atomic E-state index is 12.3. The minimum absolute atomic E-state index is 0.276. The highest BCUT2D eigenvalue weighted by atomic mass is 35.5. The van der Waals surface area contributed by atoms with Gasteiger partial charge in [-0.25, -0.2) is 9.78 Å². The number of pyridine rings is 1. The Hall–Kier alpha value is -2.71. The molecule has 0 radical (unpaired) electrons. The van der Waals surface area contributed by atoms with Crippen molar-refractivity contribution in [3.05, 3.63) is 65.3 Å². The second-order valence-corrected chi connectivity index (χ2v) is 7.02. The number of ether oxygens (including phenoxy) is 1. The summed E-state index contributed by atoms with van der Waals surface area (Å²) in [7, 11) is 0. The summed E-state index contributed by atoms with van der Waals surface area (Å²) in [5, 5.41) is 3.59. The Morgan fingerprint density at radius 2 is 1.86 bits per heavy atom. The molecule has 2 aromatic carbocycles. The molecule has 0 spiro atoms. The molecule has 0 saturated heterocycles. The van der Waals surface area contributed by atoms with E-state index in [1.54, 1.807) is 24.3 Å². The van der Waals surface area contributed by atoms with E-state index in [1.165, 1.54) is 30.3 Å². The molecule has 144 valence electrons. The summed E-state index contributed by atoms with van der Waals surface area (Å²) in [6.45, 7) is -0.483. The average Bonchev–Trinajstić information content (AvgIpc) is 2.67. The van der Waals surface area contributed by atoms with Gasteiger partial charge in [0.1, 0.15) is 5.15 Å². The van der Waals surface area contributed by atoms with Crippen molar-refractivity contribution < 1.29 is 23.1 Å². The number of fused-ring (bicyclic) bond motifs is 1. The Morgan fingerprint density at radius 3 is 2.57 bits per heavy atom. The third kappa shape index (κ3) is 5.40. The van der Waals surface area contributed by atoms with E-state index in [2.05, 4.69) is 10.3 Å². The molecule has 1 N–H and O–H groups in total. The van der Waals surface area contributed by atoms with Crippen molar-refractivity contribution in [2.24, 2.45) is 0 Å². The molecule has 0 bridgehead atoms. The number of benzene rings is 2. The zero-order valence-electron chi connectivity index (χ0n) is 14.2. The predicted molar refractivity (Wildman–Crippen MR) is 104 cm³/mol. The van der Waals surface area contributed by atoms with Crippen LogP contribution >= 0.6 is 23.4 Å². The van der Waals surface area contributed by atoms with Crippen LogP contribution in [0, 0.1) is 0 Å². The fraction of sp³-hybridized carbons (Fsp3) is 0.105. The zero-order valence-corrected chi connectivity index (χ0v) is 15.8. The molecule has 28 heavy (non-hydrogen) atoms. The van der Waals surface area contributed by atoms with Gasteiger partial charge in [0.2, 0.25) is 0 Å². The van der Waals surface area contributed by atoms with E-state index in [0.29, 0.717) is 38.4 Å². The third-order valence-corrected chi connectivity index (χ3v) is 4.52. The van der Waals surface area contributed by atoms with Crippen molar-refractivity contribution in [1.82, 2.24) is 4.98 Å². The highest BCUT2D eigenvalue weighted by molar-refractivity contribution is 7.99. The first-order valence-electron chi connectivity index (χ1n) is 7.99. The van der Waals surface area contributed by atoms with E-state index in [-0.39, 0.29) is 5.56 Å². The van der Waals surface area contributed by atoms with Crippen molar-refractivity contribution >= 4 is 51.8 Å². The molecule has 0 aliphatic heterocycles. The van der Waals surface area contributed by atoms with Gasteiger partial charge >= 0.3 is 5.97 Å². The van der Waals surface area contributed by atoms with Gasteiger partial charge in [-0.15, -0.1) is 0 Å². The summed E-state index contributed by atoms with van der Waals surface area (Å²) in [5.74, 6) is -3.71. The summed E-state index contributed by atoms with van der Waals surface area (Å²) < 4.78 is 29.6. The SMILES string of the molecule is O=C(COC(=O)c1ccc2nc(Cl)ccc2c1)Nc1ccc(SC(F)F)cc1. The van der Waals surface area contributed by atoms with Crippen molar-refractivity contribution in [2.75, 3.05) is 11.9 Å². The topological polar surface area (TPSA) is 68.3 Å². The van der Waals surface area contributed by atoms with Crippen LogP contribution in [0.3, 0.4) is 0 Å². The number of esters is 1. The first kappa shape index (κ1) is 20.0. The molecule has 3 rings (SSSR count). The second kappa shape index (κ2) is 8.99.